The standard InChI is InChI=1S/C19H24FN3O2/c1-13-12-22(9-10-23(13)18(24)25-19(2,3)4)17-16-6-5-15(20)11-14(16)7-8-21-17/h5-8,11,13H,9-10,12H2,1-4H3/t13-/m1/s1. The third kappa shape index (κ3) is 3.83. The zero-order valence-corrected chi connectivity index (χ0v) is 15.1. The minimum atomic E-state index is -0.505. The van der Waals surface area contributed by atoms with Gasteiger partial charge < -0.3 is 14.5 Å². The van der Waals surface area contributed by atoms with Gasteiger partial charge in [-0.25, -0.2) is 14.2 Å². The molecule has 1 saturated heterocycles. The number of halogens is 1. The highest BCUT2D eigenvalue weighted by Crippen LogP contribution is 2.27. The van der Waals surface area contributed by atoms with Crippen LogP contribution in [-0.2, 0) is 4.74 Å². The van der Waals surface area contributed by atoms with Gasteiger partial charge >= 0.3 is 6.09 Å². The molecule has 1 aliphatic heterocycles. The fourth-order valence-electron chi connectivity index (χ4n) is 3.13. The summed E-state index contributed by atoms with van der Waals surface area (Å²) in [6.45, 7) is 9.48. The molecular weight excluding hydrogens is 321 g/mol. The number of carbonyl (C=O) groups excluding carboxylic acids is 1. The molecule has 1 fully saturated rings. The van der Waals surface area contributed by atoms with Gasteiger partial charge in [-0.15, -0.1) is 0 Å². The van der Waals surface area contributed by atoms with Gasteiger partial charge in [-0.2, -0.15) is 0 Å². The van der Waals surface area contributed by atoms with Crippen LogP contribution < -0.4 is 4.90 Å². The predicted octanol–water partition coefficient (Wildman–Crippen LogP) is 3.82. The lowest BCUT2D eigenvalue weighted by atomic mass is 10.1. The first kappa shape index (κ1) is 17.5. The highest BCUT2D eigenvalue weighted by molar-refractivity contribution is 5.92. The zero-order valence-electron chi connectivity index (χ0n) is 15.1. The summed E-state index contributed by atoms with van der Waals surface area (Å²) in [6.07, 6.45) is 1.41. The van der Waals surface area contributed by atoms with Gasteiger partial charge in [0.25, 0.3) is 0 Å². The minimum absolute atomic E-state index is 0.00102. The lowest BCUT2D eigenvalue weighted by molar-refractivity contribution is 0.0159. The van der Waals surface area contributed by atoms with Crippen molar-refractivity contribution in [1.82, 2.24) is 9.88 Å². The number of fused-ring (bicyclic) bond motifs is 1. The average molecular weight is 345 g/mol. The number of nitrogens with zero attached hydrogens (tertiary/aromatic N) is 3. The molecule has 0 bridgehead atoms. The summed E-state index contributed by atoms with van der Waals surface area (Å²) in [5.74, 6) is 0.570. The Morgan fingerprint density at radius 2 is 2.04 bits per heavy atom. The van der Waals surface area contributed by atoms with Crippen LogP contribution in [-0.4, -0.2) is 47.3 Å². The molecule has 1 atom stereocenters. The van der Waals surface area contributed by atoms with Crippen molar-refractivity contribution in [3.05, 3.63) is 36.3 Å². The van der Waals surface area contributed by atoms with Crippen LogP contribution in [0.3, 0.4) is 0 Å². The van der Waals surface area contributed by atoms with Gasteiger partial charge in [-0.1, -0.05) is 0 Å². The number of hydrogen-bond acceptors (Lipinski definition) is 4. The molecule has 1 aliphatic rings. The first-order valence-electron chi connectivity index (χ1n) is 8.53. The van der Waals surface area contributed by atoms with Crippen LogP contribution in [0.4, 0.5) is 15.0 Å². The number of pyridine rings is 1. The molecule has 0 spiro atoms. The van der Waals surface area contributed by atoms with Gasteiger partial charge in [0.1, 0.15) is 17.2 Å². The van der Waals surface area contributed by atoms with Crippen molar-refractivity contribution in [1.29, 1.82) is 0 Å². The van der Waals surface area contributed by atoms with Crippen molar-refractivity contribution in [2.75, 3.05) is 24.5 Å². The quantitative estimate of drug-likeness (QED) is 0.788. The highest BCUT2D eigenvalue weighted by Gasteiger charge is 2.31. The van der Waals surface area contributed by atoms with Gasteiger partial charge in [-0.3, -0.25) is 0 Å². The fraction of sp³-hybridized carbons (Fsp3) is 0.474. The molecule has 134 valence electrons. The highest BCUT2D eigenvalue weighted by atomic mass is 19.1. The van der Waals surface area contributed by atoms with E-state index < -0.39 is 5.60 Å². The lowest BCUT2D eigenvalue weighted by Crippen LogP contribution is -2.55. The summed E-state index contributed by atoms with van der Waals surface area (Å²) in [4.78, 5) is 20.7. The summed E-state index contributed by atoms with van der Waals surface area (Å²) < 4.78 is 18.9. The van der Waals surface area contributed by atoms with E-state index in [0.29, 0.717) is 19.6 Å². The van der Waals surface area contributed by atoms with Crippen LogP contribution >= 0.6 is 0 Å². The van der Waals surface area contributed by atoms with E-state index >= 15 is 0 Å². The van der Waals surface area contributed by atoms with Crippen molar-refractivity contribution < 1.29 is 13.9 Å². The molecule has 1 amide bonds. The van der Waals surface area contributed by atoms with E-state index in [0.717, 1.165) is 16.6 Å². The summed E-state index contributed by atoms with van der Waals surface area (Å²) in [5.41, 5.74) is -0.505. The first-order valence-corrected chi connectivity index (χ1v) is 8.53. The molecular formula is C19H24FN3O2. The van der Waals surface area contributed by atoms with Crippen LogP contribution in [0.5, 0.6) is 0 Å². The van der Waals surface area contributed by atoms with Crippen LogP contribution in [0.1, 0.15) is 27.7 Å². The van der Waals surface area contributed by atoms with E-state index in [-0.39, 0.29) is 18.0 Å². The molecule has 0 radical (unpaired) electrons. The Morgan fingerprint density at radius 1 is 1.28 bits per heavy atom. The molecule has 2 heterocycles. The summed E-state index contributed by atoms with van der Waals surface area (Å²) in [7, 11) is 0. The van der Waals surface area contributed by atoms with Crippen LogP contribution in [0.2, 0.25) is 0 Å². The lowest BCUT2D eigenvalue weighted by Gasteiger charge is -2.41. The van der Waals surface area contributed by atoms with E-state index in [2.05, 4.69) is 9.88 Å². The van der Waals surface area contributed by atoms with Gasteiger partial charge in [0, 0.05) is 37.3 Å². The molecule has 0 saturated carbocycles. The number of rotatable bonds is 1. The molecule has 5 nitrogen and oxygen atoms in total. The molecule has 0 aliphatic carbocycles. The molecule has 0 unspecified atom stereocenters. The number of aromatic nitrogens is 1. The van der Waals surface area contributed by atoms with E-state index in [1.165, 1.54) is 12.1 Å². The maximum absolute atomic E-state index is 13.5. The van der Waals surface area contributed by atoms with E-state index in [1.54, 1.807) is 17.2 Å². The molecule has 1 aromatic heterocycles. The maximum atomic E-state index is 13.5. The predicted molar refractivity (Wildman–Crippen MR) is 96.3 cm³/mol. The zero-order chi connectivity index (χ0) is 18.2. The van der Waals surface area contributed by atoms with Crippen LogP contribution in [0, 0.1) is 5.82 Å². The average Bonchev–Trinajstić information content (AvgIpc) is 2.52. The maximum Gasteiger partial charge on any atom is 0.410 e. The van der Waals surface area contributed by atoms with Crippen molar-refractivity contribution in [3.63, 3.8) is 0 Å². The molecule has 0 N–H and O–H groups in total. The topological polar surface area (TPSA) is 45.7 Å². The van der Waals surface area contributed by atoms with Gasteiger partial charge in [0.15, 0.2) is 0 Å². The molecule has 2 aromatic rings. The Bertz CT molecular complexity index is 788. The molecule has 3 rings (SSSR count). The normalized spacial score (nSPS) is 18.5. The largest absolute Gasteiger partial charge is 0.444 e. The van der Waals surface area contributed by atoms with Crippen molar-refractivity contribution >= 4 is 22.7 Å². The van der Waals surface area contributed by atoms with E-state index in [9.17, 15) is 9.18 Å². The second-order valence-electron chi connectivity index (χ2n) is 7.47. The number of hydrogen-bond donors (Lipinski definition) is 0. The van der Waals surface area contributed by atoms with Gasteiger partial charge in [-0.05, 0) is 57.3 Å². The van der Waals surface area contributed by atoms with Crippen molar-refractivity contribution in [2.24, 2.45) is 0 Å². The number of piperazine rings is 1. The Hall–Kier alpha value is -2.37. The van der Waals surface area contributed by atoms with Crippen LogP contribution in [0.25, 0.3) is 10.8 Å². The summed E-state index contributed by atoms with van der Waals surface area (Å²) in [6, 6.07) is 6.54. The Morgan fingerprint density at radius 3 is 2.72 bits per heavy atom. The number of carbonyl (C=O) groups is 1. The second kappa shape index (κ2) is 6.50. The van der Waals surface area contributed by atoms with Gasteiger partial charge in [0.2, 0.25) is 0 Å². The Balaban J connectivity index is 1.79. The fourth-order valence-corrected chi connectivity index (χ4v) is 3.13. The third-order valence-electron chi connectivity index (χ3n) is 4.26. The molecule has 25 heavy (non-hydrogen) atoms. The Kier molecular flexibility index (Phi) is 4.54. The molecule has 1 aromatic carbocycles. The number of anilines is 1. The third-order valence-corrected chi connectivity index (χ3v) is 4.26. The van der Waals surface area contributed by atoms with Gasteiger partial charge in [0.05, 0.1) is 0 Å². The first-order chi connectivity index (χ1) is 11.7. The van der Waals surface area contributed by atoms with E-state index in [4.69, 9.17) is 4.74 Å². The number of amides is 1. The number of ether oxygens (including phenoxy) is 1. The summed E-state index contributed by atoms with van der Waals surface area (Å²) in [5, 5.41) is 1.74. The Labute approximate surface area is 147 Å². The number of benzene rings is 1. The van der Waals surface area contributed by atoms with Crippen molar-refractivity contribution in [2.45, 2.75) is 39.3 Å². The summed E-state index contributed by atoms with van der Waals surface area (Å²) >= 11 is 0. The minimum Gasteiger partial charge on any atom is -0.444 e. The SMILES string of the molecule is C[C@@H]1CN(c2nccc3cc(F)ccc23)CCN1C(=O)OC(C)(C)C. The monoisotopic (exact) mass is 345 g/mol. The second-order valence-corrected chi connectivity index (χ2v) is 7.47. The molecule has 6 heteroatoms. The van der Waals surface area contributed by atoms with Crippen molar-refractivity contribution in [3.8, 4) is 0 Å². The van der Waals surface area contributed by atoms with E-state index in [1.807, 2.05) is 33.8 Å². The van der Waals surface area contributed by atoms with Crippen LogP contribution in [0.15, 0.2) is 30.5 Å². The smallest absolute Gasteiger partial charge is 0.410 e.